The largest absolute Gasteiger partial charge is 0.330 e. The molecular formula is C9H22N2. The molecule has 1 aliphatic rings. The molecule has 11 heavy (non-hydrogen) atoms. The van der Waals surface area contributed by atoms with E-state index in [-0.39, 0.29) is 0 Å². The van der Waals surface area contributed by atoms with Crippen LogP contribution in [-0.4, -0.2) is 19.6 Å². The fraction of sp³-hybridized carbons (Fsp3) is 1.00. The predicted molar refractivity (Wildman–Crippen MR) is 50.6 cm³/mol. The standard InChI is InChI=1S/C5H13N.C4H9N/c1-5(2)3-4-6;1-2-4-5-3-1/h5H,3-4,6H2,1-2H3;5H,1-4H2. The zero-order valence-corrected chi connectivity index (χ0v) is 7.90. The molecule has 0 aromatic carbocycles. The van der Waals surface area contributed by atoms with E-state index in [0.29, 0.717) is 0 Å². The Balaban J connectivity index is 0.000000183. The van der Waals surface area contributed by atoms with Crippen LogP contribution in [0.25, 0.3) is 0 Å². The quantitative estimate of drug-likeness (QED) is 0.637. The van der Waals surface area contributed by atoms with Crippen LogP contribution < -0.4 is 11.1 Å². The molecule has 0 spiro atoms. The van der Waals surface area contributed by atoms with Gasteiger partial charge in [0.2, 0.25) is 0 Å². The van der Waals surface area contributed by atoms with Crippen LogP contribution >= 0.6 is 0 Å². The molecule has 0 radical (unpaired) electrons. The van der Waals surface area contributed by atoms with Gasteiger partial charge in [-0.1, -0.05) is 13.8 Å². The topological polar surface area (TPSA) is 38.0 Å². The van der Waals surface area contributed by atoms with Crippen molar-refractivity contribution in [1.29, 1.82) is 0 Å². The molecule has 1 aliphatic heterocycles. The SMILES string of the molecule is C1CCNC1.CC(C)CCN. The van der Waals surface area contributed by atoms with Gasteiger partial charge >= 0.3 is 0 Å². The molecule has 0 amide bonds. The van der Waals surface area contributed by atoms with Gasteiger partial charge in [0.25, 0.3) is 0 Å². The van der Waals surface area contributed by atoms with Gasteiger partial charge in [-0.25, -0.2) is 0 Å². The van der Waals surface area contributed by atoms with Crippen LogP contribution in [0, 0.1) is 5.92 Å². The Morgan fingerprint density at radius 2 is 1.82 bits per heavy atom. The van der Waals surface area contributed by atoms with Crippen molar-refractivity contribution in [3.05, 3.63) is 0 Å². The molecule has 1 heterocycles. The van der Waals surface area contributed by atoms with Crippen LogP contribution in [0.1, 0.15) is 33.1 Å². The van der Waals surface area contributed by atoms with E-state index >= 15 is 0 Å². The molecule has 1 saturated heterocycles. The first-order valence-electron chi connectivity index (χ1n) is 4.68. The first-order valence-corrected chi connectivity index (χ1v) is 4.68. The Kier molecular flexibility index (Phi) is 7.96. The minimum Gasteiger partial charge on any atom is -0.330 e. The van der Waals surface area contributed by atoms with Crippen molar-refractivity contribution >= 4 is 0 Å². The molecule has 1 rings (SSSR count). The summed E-state index contributed by atoms with van der Waals surface area (Å²) in [6.07, 6.45) is 3.93. The van der Waals surface area contributed by atoms with Crippen molar-refractivity contribution in [3.8, 4) is 0 Å². The van der Waals surface area contributed by atoms with Crippen molar-refractivity contribution in [3.63, 3.8) is 0 Å². The molecule has 2 heteroatoms. The van der Waals surface area contributed by atoms with E-state index in [1.807, 2.05) is 0 Å². The van der Waals surface area contributed by atoms with E-state index < -0.39 is 0 Å². The molecule has 0 atom stereocenters. The van der Waals surface area contributed by atoms with Crippen LogP contribution in [0.2, 0.25) is 0 Å². The summed E-state index contributed by atoms with van der Waals surface area (Å²) in [4.78, 5) is 0. The Morgan fingerprint density at radius 1 is 1.27 bits per heavy atom. The zero-order chi connectivity index (χ0) is 8.53. The van der Waals surface area contributed by atoms with Gasteiger partial charge in [0.05, 0.1) is 0 Å². The summed E-state index contributed by atoms with van der Waals surface area (Å²) in [6, 6.07) is 0. The van der Waals surface area contributed by atoms with Crippen molar-refractivity contribution in [1.82, 2.24) is 5.32 Å². The summed E-state index contributed by atoms with van der Waals surface area (Å²) >= 11 is 0. The average Bonchev–Trinajstić information content (AvgIpc) is 2.41. The van der Waals surface area contributed by atoms with Gasteiger partial charge in [-0.15, -0.1) is 0 Å². The molecule has 2 nitrogen and oxygen atoms in total. The molecule has 0 aromatic rings. The van der Waals surface area contributed by atoms with Gasteiger partial charge in [0, 0.05) is 0 Å². The summed E-state index contributed by atoms with van der Waals surface area (Å²) in [7, 11) is 0. The smallest absolute Gasteiger partial charge is 0.00484 e. The fourth-order valence-electron chi connectivity index (χ4n) is 0.958. The third kappa shape index (κ3) is 9.92. The Hall–Kier alpha value is -0.0800. The van der Waals surface area contributed by atoms with E-state index in [1.165, 1.54) is 25.9 Å². The van der Waals surface area contributed by atoms with Crippen molar-refractivity contribution in [2.75, 3.05) is 19.6 Å². The molecule has 0 saturated carbocycles. The maximum absolute atomic E-state index is 5.23. The molecule has 0 bridgehead atoms. The highest BCUT2D eigenvalue weighted by Gasteiger charge is 1.93. The number of hydrogen-bond donors (Lipinski definition) is 2. The van der Waals surface area contributed by atoms with Crippen molar-refractivity contribution in [2.24, 2.45) is 11.7 Å². The number of rotatable bonds is 2. The summed E-state index contributed by atoms with van der Waals surface area (Å²) < 4.78 is 0. The third-order valence-corrected chi connectivity index (χ3v) is 1.70. The van der Waals surface area contributed by atoms with Gasteiger partial charge in [0.1, 0.15) is 0 Å². The highest BCUT2D eigenvalue weighted by atomic mass is 14.9. The minimum absolute atomic E-state index is 0.773. The molecule has 0 aliphatic carbocycles. The predicted octanol–water partition coefficient (Wildman–Crippen LogP) is 1.36. The first-order chi connectivity index (χ1) is 5.27. The average molecular weight is 158 g/mol. The molecule has 0 aromatic heterocycles. The second-order valence-electron chi connectivity index (χ2n) is 3.43. The number of nitrogens with one attached hydrogen (secondary N) is 1. The lowest BCUT2D eigenvalue weighted by molar-refractivity contribution is 0.596. The summed E-state index contributed by atoms with van der Waals surface area (Å²) in [5.41, 5.74) is 5.23. The normalized spacial score (nSPS) is 16.4. The van der Waals surface area contributed by atoms with E-state index in [2.05, 4.69) is 19.2 Å². The van der Waals surface area contributed by atoms with Crippen LogP contribution in [0.15, 0.2) is 0 Å². The number of hydrogen-bond acceptors (Lipinski definition) is 2. The zero-order valence-electron chi connectivity index (χ0n) is 7.90. The second-order valence-corrected chi connectivity index (χ2v) is 3.43. The van der Waals surface area contributed by atoms with Gasteiger partial charge in [-0.3, -0.25) is 0 Å². The first kappa shape index (κ1) is 10.9. The summed E-state index contributed by atoms with van der Waals surface area (Å²) in [5, 5.41) is 3.22. The van der Waals surface area contributed by atoms with Gasteiger partial charge in [0.15, 0.2) is 0 Å². The van der Waals surface area contributed by atoms with Crippen molar-refractivity contribution < 1.29 is 0 Å². The summed E-state index contributed by atoms with van der Waals surface area (Å²) in [6.45, 7) is 7.68. The van der Waals surface area contributed by atoms with Crippen molar-refractivity contribution in [2.45, 2.75) is 33.1 Å². The maximum atomic E-state index is 5.23. The fourth-order valence-corrected chi connectivity index (χ4v) is 0.958. The summed E-state index contributed by atoms with van der Waals surface area (Å²) in [5.74, 6) is 0.773. The van der Waals surface area contributed by atoms with Crippen LogP contribution in [-0.2, 0) is 0 Å². The highest BCUT2D eigenvalue weighted by molar-refractivity contribution is 4.55. The molecule has 68 valence electrons. The third-order valence-electron chi connectivity index (χ3n) is 1.70. The number of nitrogens with two attached hydrogens (primary N) is 1. The molecule has 3 N–H and O–H groups in total. The highest BCUT2D eigenvalue weighted by Crippen LogP contribution is 1.93. The van der Waals surface area contributed by atoms with Gasteiger partial charge in [-0.2, -0.15) is 0 Å². The van der Waals surface area contributed by atoms with Crippen LogP contribution in [0.3, 0.4) is 0 Å². The lowest BCUT2D eigenvalue weighted by Crippen LogP contribution is -2.03. The Bertz CT molecular complexity index is 60.4. The lowest BCUT2D eigenvalue weighted by Gasteiger charge is -1.96. The monoisotopic (exact) mass is 158 g/mol. The van der Waals surface area contributed by atoms with E-state index in [0.717, 1.165) is 18.9 Å². The second kappa shape index (κ2) is 8.02. The van der Waals surface area contributed by atoms with E-state index in [4.69, 9.17) is 5.73 Å². The molecular weight excluding hydrogens is 136 g/mol. The Morgan fingerprint density at radius 3 is 1.91 bits per heavy atom. The minimum atomic E-state index is 0.773. The Labute approximate surface area is 70.5 Å². The van der Waals surface area contributed by atoms with E-state index in [9.17, 15) is 0 Å². The van der Waals surface area contributed by atoms with Crippen LogP contribution in [0.4, 0.5) is 0 Å². The van der Waals surface area contributed by atoms with Crippen LogP contribution in [0.5, 0.6) is 0 Å². The molecule has 0 unspecified atom stereocenters. The van der Waals surface area contributed by atoms with Gasteiger partial charge in [-0.05, 0) is 44.8 Å². The van der Waals surface area contributed by atoms with Gasteiger partial charge < -0.3 is 11.1 Å². The molecule has 1 fully saturated rings. The lowest BCUT2D eigenvalue weighted by atomic mass is 10.1. The van der Waals surface area contributed by atoms with E-state index in [1.54, 1.807) is 0 Å². The maximum Gasteiger partial charge on any atom is -0.00484 e.